The van der Waals surface area contributed by atoms with Gasteiger partial charge >= 0.3 is 0 Å². The van der Waals surface area contributed by atoms with E-state index in [4.69, 9.17) is 27.6 Å². The molecule has 2 aliphatic carbocycles. The van der Waals surface area contributed by atoms with Crippen molar-refractivity contribution in [1.29, 1.82) is 0 Å². The highest BCUT2D eigenvalue weighted by Crippen LogP contribution is 2.65. The van der Waals surface area contributed by atoms with Crippen LogP contribution in [0.1, 0.15) is 77.9 Å². The number of nitrogens with zero attached hydrogens (tertiary/aromatic N) is 1. The van der Waals surface area contributed by atoms with Gasteiger partial charge in [-0.2, -0.15) is 0 Å². The molecule has 152 valence electrons. The summed E-state index contributed by atoms with van der Waals surface area (Å²) < 4.78 is 6.91. The highest BCUT2D eigenvalue weighted by Gasteiger charge is 2.53. The molecule has 0 N–H and O–H groups in total. The second kappa shape index (κ2) is 8.73. The molecule has 0 radical (unpaired) electrons. The van der Waals surface area contributed by atoms with Gasteiger partial charge in [-0.15, -0.1) is 0 Å². The fraction of sp³-hybridized carbons (Fsp3) is 0.773. The van der Waals surface area contributed by atoms with E-state index in [0.29, 0.717) is 10.0 Å². The third kappa shape index (κ3) is 4.74. The molecule has 2 nitrogen and oxygen atoms in total. The molecule has 1 aromatic rings. The highest BCUT2D eigenvalue weighted by molar-refractivity contribution is 6.73. The summed E-state index contributed by atoms with van der Waals surface area (Å²) in [5.41, 5.74) is 1.74. The summed E-state index contributed by atoms with van der Waals surface area (Å²) in [5, 5.41) is 1.29. The first-order chi connectivity index (χ1) is 12.9. The topological polar surface area (TPSA) is 22.1 Å². The average Bonchev–Trinajstić information content (AvgIpc) is 3.43. The molecular weight excluding hydrogens is 393 g/mol. The quantitative estimate of drug-likeness (QED) is 0.352. The first-order valence-corrected chi connectivity index (χ1v) is 14.1. The molecule has 1 spiro atoms. The molecule has 2 fully saturated rings. The Labute approximate surface area is 176 Å². The fourth-order valence-electron chi connectivity index (χ4n) is 4.98. The Morgan fingerprint density at radius 3 is 2.11 bits per heavy atom. The van der Waals surface area contributed by atoms with Gasteiger partial charge in [0.15, 0.2) is 8.32 Å². The maximum Gasteiger partial charge on any atom is 0.192 e. The van der Waals surface area contributed by atoms with Crippen molar-refractivity contribution in [1.82, 2.24) is 4.98 Å². The monoisotopic (exact) mass is 427 g/mol. The van der Waals surface area contributed by atoms with Gasteiger partial charge < -0.3 is 4.43 Å². The number of halogens is 2. The lowest BCUT2D eigenvalue weighted by Gasteiger charge is -2.41. The van der Waals surface area contributed by atoms with E-state index in [1.54, 1.807) is 12.4 Å². The van der Waals surface area contributed by atoms with Crippen molar-refractivity contribution >= 4 is 31.5 Å². The minimum atomic E-state index is -1.75. The second-order valence-electron chi connectivity index (χ2n) is 9.09. The zero-order valence-corrected chi connectivity index (χ0v) is 19.9. The lowest BCUT2D eigenvalue weighted by atomic mass is 9.65. The number of hydrogen-bond donors (Lipinski definition) is 0. The minimum Gasteiger partial charge on any atom is -0.410 e. The van der Waals surface area contributed by atoms with Crippen LogP contribution in [0, 0.1) is 17.3 Å². The van der Waals surface area contributed by atoms with E-state index in [9.17, 15) is 0 Å². The summed E-state index contributed by atoms with van der Waals surface area (Å²) >= 11 is 13.1. The van der Waals surface area contributed by atoms with Gasteiger partial charge in [0.2, 0.25) is 0 Å². The van der Waals surface area contributed by atoms with Crippen LogP contribution in [0.4, 0.5) is 0 Å². The third-order valence-electron chi connectivity index (χ3n) is 7.57. The van der Waals surface area contributed by atoms with Crippen molar-refractivity contribution < 1.29 is 4.43 Å². The van der Waals surface area contributed by atoms with E-state index in [-0.39, 0.29) is 6.10 Å². The van der Waals surface area contributed by atoms with Crippen LogP contribution in [-0.2, 0) is 4.43 Å². The van der Waals surface area contributed by atoms with E-state index >= 15 is 0 Å². The van der Waals surface area contributed by atoms with Gasteiger partial charge in [-0.05, 0) is 73.9 Å². The van der Waals surface area contributed by atoms with Gasteiger partial charge in [0.05, 0.1) is 16.1 Å². The summed E-state index contributed by atoms with van der Waals surface area (Å²) in [4.78, 5) is 4.14. The molecule has 2 aliphatic rings. The molecule has 27 heavy (non-hydrogen) atoms. The van der Waals surface area contributed by atoms with Crippen molar-refractivity contribution in [2.75, 3.05) is 0 Å². The lowest BCUT2D eigenvalue weighted by Crippen LogP contribution is -2.37. The van der Waals surface area contributed by atoms with Gasteiger partial charge in [-0.1, -0.05) is 50.9 Å². The predicted molar refractivity (Wildman–Crippen MR) is 118 cm³/mol. The SMILES string of the molecule is CC[Si](CC)(CC)OC(CCC(C)C1CC2(CC2)C1)c1c(Cl)cncc1Cl. The van der Waals surface area contributed by atoms with Crippen LogP contribution in [-0.4, -0.2) is 13.3 Å². The number of pyridine rings is 1. The standard InChI is InChI=1S/C22H35Cl2NOSi/c1-5-27(6-2,7-3)26-20(21-18(23)14-25-15-19(21)24)9-8-16(4)17-12-22(13-17)10-11-22/h14-17,20H,5-13H2,1-4H3. The van der Waals surface area contributed by atoms with Crippen molar-refractivity contribution in [3.63, 3.8) is 0 Å². The Hall–Kier alpha value is -0.0931. The Morgan fingerprint density at radius 1 is 1.07 bits per heavy atom. The molecule has 5 heteroatoms. The summed E-state index contributed by atoms with van der Waals surface area (Å²) in [6, 6.07) is 3.41. The van der Waals surface area contributed by atoms with Crippen molar-refractivity contribution in [2.24, 2.45) is 17.3 Å². The third-order valence-corrected chi connectivity index (χ3v) is 12.8. The molecule has 0 aromatic carbocycles. The molecule has 0 aliphatic heterocycles. The molecule has 2 atom stereocenters. The maximum atomic E-state index is 6.91. The molecule has 0 saturated heterocycles. The molecule has 1 aromatic heterocycles. The number of aromatic nitrogens is 1. The van der Waals surface area contributed by atoms with Crippen molar-refractivity contribution in [2.45, 2.75) is 90.5 Å². The first-order valence-electron chi connectivity index (χ1n) is 10.8. The minimum absolute atomic E-state index is 0.00284. The first kappa shape index (κ1) is 21.6. The molecule has 1 heterocycles. The van der Waals surface area contributed by atoms with Gasteiger partial charge in [-0.25, -0.2) is 0 Å². The lowest BCUT2D eigenvalue weighted by molar-refractivity contribution is 0.0928. The smallest absolute Gasteiger partial charge is 0.192 e. The van der Waals surface area contributed by atoms with Gasteiger partial charge in [0, 0.05) is 18.0 Å². The van der Waals surface area contributed by atoms with Crippen LogP contribution in [0.25, 0.3) is 0 Å². The Morgan fingerprint density at radius 2 is 1.63 bits per heavy atom. The van der Waals surface area contributed by atoms with Crippen LogP contribution in [0.3, 0.4) is 0 Å². The maximum absolute atomic E-state index is 6.91. The number of hydrogen-bond acceptors (Lipinski definition) is 2. The van der Waals surface area contributed by atoms with E-state index in [2.05, 4.69) is 32.7 Å². The largest absolute Gasteiger partial charge is 0.410 e. The molecule has 0 amide bonds. The van der Waals surface area contributed by atoms with Crippen LogP contribution < -0.4 is 0 Å². The summed E-state index contributed by atoms with van der Waals surface area (Å²) in [5.74, 6) is 1.66. The highest BCUT2D eigenvalue weighted by atomic mass is 35.5. The molecular formula is C22H35Cl2NOSi. The van der Waals surface area contributed by atoms with Crippen LogP contribution in [0.2, 0.25) is 28.2 Å². The van der Waals surface area contributed by atoms with Crippen LogP contribution >= 0.6 is 23.2 Å². The fourth-order valence-corrected chi connectivity index (χ4v) is 8.43. The summed E-state index contributed by atoms with van der Waals surface area (Å²) in [6.07, 6.45) is 11.4. The predicted octanol–water partition coefficient (Wildman–Crippen LogP) is 8.06. The normalized spacial score (nSPS) is 21.1. The average molecular weight is 429 g/mol. The van der Waals surface area contributed by atoms with E-state index in [0.717, 1.165) is 47.4 Å². The van der Waals surface area contributed by atoms with E-state index < -0.39 is 8.32 Å². The van der Waals surface area contributed by atoms with Gasteiger partial charge in [0.25, 0.3) is 0 Å². The van der Waals surface area contributed by atoms with Crippen molar-refractivity contribution in [3.05, 3.63) is 28.0 Å². The molecule has 2 unspecified atom stereocenters. The Kier molecular flexibility index (Phi) is 6.99. The zero-order chi connectivity index (χ0) is 19.7. The molecule has 2 saturated carbocycles. The van der Waals surface area contributed by atoms with Crippen molar-refractivity contribution in [3.8, 4) is 0 Å². The molecule has 0 bridgehead atoms. The van der Waals surface area contributed by atoms with E-state index in [1.165, 1.54) is 32.1 Å². The van der Waals surface area contributed by atoms with Gasteiger partial charge in [-0.3, -0.25) is 4.98 Å². The van der Waals surface area contributed by atoms with E-state index in [1.807, 2.05) is 0 Å². The Balaban J connectivity index is 1.72. The van der Waals surface area contributed by atoms with Gasteiger partial charge in [0.1, 0.15) is 0 Å². The summed E-state index contributed by atoms with van der Waals surface area (Å²) in [6.45, 7) is 9.26. The van der Waals surface area contributed by atoms with Crippen LogP contribution in [0.15, 0.2) is 12.4 Å². The molecule has 3 rings (SSSR count). The van der Waals surface area contributed by atoms with Crippen LogP contribution in [0.5, 0.6) is 0 Å². The zero-order valence-electron chi connectivity index (χ0n) is 17.4. The summed E-state index contributed by atoms with van der Waals surface area (Å²) in [7, 11) is -1.75. The Bertz CT molecular complexity index is 609. The number of rotatable bonds is 10. The second-order valence-corrected chi connectivity index (χ2v) is 14.6.